The van der Waals surface area contributed by atoms with Gasteiger partial charge >= 0.3 is 6.18 Å². The number of hydrogen-bond acceptors (Lipinski definition) is 5. The first kappa shape index (κ1) is 19.1. The Morgan fingerprint density at radius 2 is 2.07 bits per heavy atom. The Balaban J connectivity index is 1.77. The molecule has 1 aromatic heterocycles. The fraction of sp³-hybridized carbons (Fsp3) is 0.389. The molecular formula is C18H19F3N4O2. The first-order valence-corrected chi connectivity index (χ1v) is 8.51. The maximum atomic E-state index is 13.1. The number of halogens is 3. The van der Waals surface area contributed by atoms with Crippen LogP contribution >= 0.6 is 0 Å². The number of alkyl halides is 3. The summed E-state index contributed by atoms with van der Waals surface area (Å²) in [5.41, 5.74) is -0.479. The molecule has 1 atom stereocenters. The molecule has 2 N–H and O–H groups in total. The van der Waals surface area contributed by atoms with Gasteiger partial charge in [0.1, 0.15) is 5.69 Å². The molecule has 1 aliphatic heterocycles. The molecule has 2 heterocycles. The molecule has 27 heavy (non-hydrogen) atoms. The van der Waals surface area contributed by atoms with Crippen molar-refractivity contribution in [2.45, 2.75) is 32.0 Å². The minimum Gasteiger partial charge on any atom is -0.376 e. The van der Waals surface area contributed by atoms with Gasteiger partial charge in [-0.2, -0.15) is 13.2 Å². The van der Waals surface area contributed by atoms with E-state index in [4.69, 9.17) is 4.74 Å². The number of aryl methyl sites for hydroxylation is 1. The van der Waals surface area contributed by atoms with Gasteiger partial charge in [0.05, 0.1) is 17.4 Å². The van der Waals surface area contributed by atoms with E-state index in [9.17, 15) is 18.0 Å². The zero-order valence-corrected chi connectivity index (χ0v) is 14.6. The summed E-state index contributed by atoms with van der Waals surface area (Å²) in [5, 5.41) is 5.30. The smallest absolute Gasteiger partial charge is 0.376 e. The highest BCUT2D eigenvalue weighted by atomic mass is 19.4. The van der Waals surface area contributed by atoms with Crippen molar-refractivity contribution in [2.75, 3.05) is 18.5 Å². The van der Waals surface area contributed by atoms with Gasteiger partial charge in [0.2, 0.25) is 5.95 Å². The molecule has 0 spiro atoms. The van der Waals surface area contributed by atoms with Crippen molar-refractivity contribution >= 4 is 17.5 Å². The molecule has 2 aromatic rings. The lowest BCUT2D eigenvalue weighted by Gasteiger charge is -2.14. The van der Waals surface area contributed by atoms with E-state index >= 15 is 0 Å². The summed E-state index contributed by atoms with van der Waals surface area (Å²) in [5.74, 6) is -0.503. The zero-order chi connectivity index (χ0) is 19.4. The first-order valence-electron chi connectivity index (χ1n) is 8.51. The number of ether oxygens (including phenoxy) is 1. The molecule has 0 radical (unpaired) electrons. The average Bonchev–Trinajstić information content (AvgIpc) is 3.12. The highest BCUT2D eigenvalue weighted by Crippen LogP contribution is 2.35. The maximum absolute atomic E-state index is 13.1. The molecule has 6 nitrogen and oxygen atoms in total. The number of anilines is 2. The van der Waals surface area contributed by atoms with E-state index in [1.807, 2.05) is 0 Å². The number of carbonyl (C=O) groups excluding carboxylic acids is 1. The van der Waals surface area contributed by atoms with Crippen molar-refractivity contribution in [3.05, 3.63) is 47.3 Å². The van der Waals surface area contributed by atoms with Crippen LogP contribution in [0.4, 0.5) is 24.8 Å². The van der Waals surface area contributed by atoms with Gasteiger partial charge < -0.3 is 15.4 Å². The van der Waals surface area contributed by atoms with Crippen LogP contribution in [0.25, 0.3) is 0 Å². The Kier molecular flexibility index (Phi) is 5.59. The van der Waals surface area contributed by atoms with Crippen molar-refractivity contribution in [1.29, 1.82) is 0 Å². The normalized spacial score (nSPS) is 17.0. The molecule has 1 aromatic carbocycles. The predicted molar refractivity (Wildman–Crippen MR) is 92.8 cm³/mol. The van der Waals surface area contributed by atoms with Crippen LogP contribution in [0.1, 0.15) is 34.6 Å². The van der Waals surface area contributed by atoms with Crippen LogP contribution < -0.4 is 10.6 Å². The Morgan fingerprint density at radius 1 is 1.30 bits per heavy atom. The fourth-order valence-corrected chi connectivity index (χ4v) is 2.80. The van der Waals surface area contributed by atoms with E-state index in [0.29, 0.717) is 18.8 Å². The third-order valence-electron chi connectivity index (χ3n) is 4.08. The molecule has 144 valence electrons. The van der Waals surface area contributed by atoms with Crippen molar-refractivity contribution in [3.8, 4) is 0 Å². The van der Waals surface area contributed by atoms with E-state index in [0.717, 1.165) is 18.9 Å². The monoisotopic (exact) mass is 380 g/mol. The van der Waals surface area contributed by atoms with Crippen LogP contribution in [0.5, 0.6) is 0 Å². The molecular weight excluding hydrogens is 361 g/mol. The quantitative estimate of drug-likeness (QED) is 0.831. The summed E-state index contributed by atoms with van der Waals surface area (Å²) in [6.45, 7) is 2.68. The molecule has 0 aliphatic carbocycles. The molecule has 9 heteroatoms. The molecule has 1 amide bonds. The number of nitrogens with one attached hydrogen (secondary N) is 2. The van der Waals surface area contributed by atoms with E-state index in [2.05, 4.69) is 20.6 Å². The molecule has 1 saturated heterocycles. The zero-order valence-electron chi connectivity index (χ0n) is 14.6. The minimum atomic E-state index is -4.52. The maximum Gasteiger partial charge on any atom is 0.418 e. The number of nitrogens with zero attached hydrogens (tertiary/aromatic N) is 2. The lowest BCUT2D eigenvalue weighted by atomic mass is 10.1. The van der Waals surface area contributed by atoms with Gasteiger partial charge in [-0.15, -0.1) is 0 Å². The van der Waals surface area contributed by atoms with E-state index in [1.165, 1.54) is 24.3 Å². The topological polar surface area (TPSA) is 76.1 Å². The second kappa shape index (κ2) is 7.91. The minimum absolute atomic E-state index is 0.0202. The lowest BCUT2D eigenvalue weighted by Crippen LogP contribution is -2.32. The number of hydrogen-bond donors (Lipinski definition) is 2. The Morgan fingerprint density at radius 3 is 2.78 bits per heavy atom. The Labute approximate surface area is 154 Å². The summed E-state index contributed by atoms with van der Waals surface area (Å²) < 4.78 is 44.8. The third kappa shape index (κ3) is 4.94. The summed E-state index contributed by atoms with van der Waals surface area (Å²) in [4.78, 5) is 20.5. The number of rotatable bonds is 5. The highest BCUT2D eigenvalue weighted by molar-refractivity contribution is 5.92. The summed E-state index contributed by atoms with van der Waals surface area (Å²) in [6.07, 6.45) is -2.70. The molecule has 3 rings (SSSR count). The molecule has 1 aliphatic rings. The fourth-order valence-electron chi connectivity index (χ4n) is 2.80. The molecule has 0 bridgehead atoms. The van der Waals surface area contributed by atoms with Gasteiger partial charge in [-0.05, 0) is 38.0 Å². The van der Waals surface area contributed by atoms with Crippen LogP contribution in [0.15, 0.2) is 30.3 Å². The molecule has 0 saturated carbocycles. The van der Waals surface area contributed by atoms with Crippen LogP contribution in [0.3, 0.4) is 0 Å². The lowest BCUT2D eigenvalue weighted by molar-refractivity contribution is -0.136. The SMILES string of the molecule is Cc1cc(C(=O)NCC2CCCO2)nc(Nc2ccccc2C(F)(F)F)n1. The van der Waals surface area contributed by atoms with Crippen molar-refractivity contribution < 1.29 is 22.7 Å². The van der Waals surface area contributed by atoms with Crippen LogP contribution in [0, 0.1) is 6.92 Å². The summed E-state index contributed by atoms with van der Waals surface area (Å²) in [7, 11) is 0. The van der Waals surface area contributed by atoms with Gasteiger partial charge in [0.25, 0.3) is 5.91 Å². The largest absolute Gasteiger partial charge is 0.418 e. The van der Waals surface area contributed by atoms with Crippen molar-refractivity contribution in [2.24, 2.45) is 0 Å². The standard InChI is InChI=1S/C18H19F3N4O2/c1-11-9-15(16(26)22-10-12-5-4-8-27-12)25-17(23-11)24-14-7-3-2-6-13(14)18(19,20)21/h2-3,6-7,9,12H,4-5,8,10H2,1H3,(H,22,26)(H,23,24,25). The van der Waals surface area contributed by atoms with Gasteiger partial charge in [-0.3, -0.25) is 4.79 Å². The van der Waals surface area contributed by atoms with Gasteiger partial charge in [-0.1, -0.05) is 12.1 Å². The molecule has 1 fully saturated rings. The average molecular weight is 380 g/mol. The number of carbonyl (C=O) groups is 1. The van der Waals surface area contributed by atoms with Gasteiger partial charge in [-0.25, -0.2) is 9.97 Å². The molecule has 1 unspecified atom stereocenters. The van der Waals surface area contributed by atoms with E-state index < -0.39 is 17.6 Å². The van der Waals surface area contributed by atoms with Gasteiger partial charge in [0, 0.05) is 18.8 Å². The second-order valence-electron chi connectivity index (χ2n) is 6.23. The van der Waals surface area contributed by atoms with Crippen LogP contribution in [0.2, 0.25) is 0 Å². The Hall–Kier alpha value is -2.68. The van der Waals surface area contributed by atoms with E-state index in [-0.39, 0.29) is 23.4 Å². The summed E-state index contributed by atoms with van der Waals surface area (Å²) in [6, 6.07) is 6.50. The highest BCUT2D eigenvalue weighted by Gasteiger charge is 2.33. The number of para-hydroxylation sites is 1. The predicted octanol–water partition coefficient (Wildman–Crippen LogP) is 3.46. The van der Waals surface area contributed by atoms with Crippen molar-refractivity contribution in [1.82, 2.24) is 15.3 Å². The first-order chi connectivity index (χ1) is 12.8. The third-order valence-corrected chi connectivity index (χ3v) is 4.08. The van der Waals surface area contributed by atoms with Crippen LogP contribution in [-0.2, 0) is 10.9 Å². The number of amides is 1. The number of aromatic nitrogens is 2. The number of benzene rings is 1. The van der Waals surface area contributed by atoms with Gasteiger partial charge in [0.15, 0.2) is 0 Å². The summed E-state index contributed by atoms with van der Waals surface area (Å²) >= 11 is 0. The van der Waals surface area contributed by atoms with Crippen LogP contribution in [-0.4, -0.2) is 35.1 Å². The van der Waals surface area contributed by atoms with Crippen molar-refractivity contribution in [3.63, 3.8) is 0 Å². The van der Waals surface area contributed by atoms with E-state index in [1.54, 1.807) is 6.92 Å². The Bertz CT molecular complexity index is 820. The second-order valence-corrected chi connectivity index (χ2v) is 6.23.